The van der Waals surface area contributed by atoms with Crippen LogP contribution in [0.4, 0.5) is 0 Å². The van der Waals surface area contributed by atoms with Crippen LogP contribution in [-0.4, -0.2) is 27.8 Å². The molecule has 3 heteroatoms. The molecule has 0 unspecified atom stereocenters. The van der Waals surface area contributed by atoms with Crippen molar-refractivity contribution in [1.82, 2.24) is 14.7 Å². The molecular formula is C12H19N3. The lowest BCUT2D eigenvalue weighted by atomic mass is 10.1. The van der Waals surface area contributed by atoms with Crippen molar-refractivity contribution in [3.8, 4) is 0 Å². The molecule has 0 atom stereocenters. The Kier molecular flexibility index (Phi) is 2.09. The SMILES string of the molecule is CC(C)c1cc2n(n1)C1CCN(CC1)C2. The number of rotatable bonds is 1. The van der Waals surface area contributed by atoms with Crippen molar-refractivity contribution >= 4 is 0 Å². The predicted molar refractivity (Wildman–Crippen MR) is 59.9 cm³/mol. The molecule has 0 spiro atoms. The summed E-state index contributed by atoms with van der Waals surface area (Å²) in [5, 5.41) is 4.78. The molecule has 0 amide bonds. The van der Waals surface area contributed by atoms with Gasteiger partial charge in [-0.05, 0) is 24.8 Å². The molecule has 0 aliphatic carbocycles. The zero-order chi connectivity index (χ0) is 10.4. The first-order valence-electron chi connectivity index (χ1n) is 6.04. The Labute approximate surface area is 91.1 Å². The molecule has 4 rings (SSSR count). The third-order valence-electron chi connectivity index (χ3n) is 3.71. The van der Waals surface area contributed by atoms with E-state index in [-0.39, 0.29) is 0 Å². The predicted octanol–water partition coefficient (Wildman–Crippen LogP) is 2.16. The monoisotopic (exact) mass is 205 g/mol. The van der Waals surface area contributed by atoms with E-state index in [1.54, 1.807) is 0 Å². The van der Waals surface area contributed by atoms with Crippen LogP contribution in [0.25, 0.3) is 0 Å². The Morgan fingerprint density at radius 1 is 1.33 bits per heavy atom. The third kappa shape index (κ3) is 1.49. The quantitative estimate of drug-likeness (QED) is 0.700. The molecule has 1 saturated heterocycles. The largest absolute Gasteiger partial charge is 0.297 e. The lowest BCUT2D eigenvalue weighted by molar-refractivity contribution is 0.205. The van der Waals surface area contributed by atoms with E-state index in [2.05, 4.69) is 29.5 Å². The average Bonchev–Trinajstić information content (AvgIpc) is 2.51. The number of fused-ring (bicyclic) bond motifs is 2. The van der Waals surface area contributed by atoms with Crippen molar-refractivity contribution in [3.05, 3.63) is 17.5 Å². The first kappa shape index (κ1) is 9.40. The van der Waals surface area contributed by atoms with Gasteiger partial charge in [0.15, 0.2) is 0 Å². The van der Waals surface area contributed by atoms with Crippen molar-refractivity contribution < 1.29 is 0 Å². The van der Waals surface area contributed by atoms with Crippen LogP contribution in [0, 0.1) is 0 Å². The zero-order valence-corrected chi connectivity index (χ0v) is 9.61. The zero-order valence-electron chi connectivity index (χ0n) is 9.61. The van der Waals surface area contributed by atoms with E-state index in [9.17, 15) is 0 Å². The molecule has 15 heavy (non-hydrogen) atoms. The Morgan fingerprint density at radius 3 is 2.73 bits per heavy atom. The molecule has 1 fully saturated rings. The molecule has 82 valence electrons. The molecular weight excluding hydrogens is 186 g/mol. The summed E-state index contributed by atoms with van der Waals surface area (Å²) in [6.07, 6.45) is 2.57. The number of aromatic nitrogens is 2. The lowest BCUT2D eigenvalue weighted by Crippen LogP contribution is -2.29. The number of piperidine rings is 1. The summed E-state index contributed by atoms with van der Waals surface area (Å²) in [4.78, 5) is 2.56. The van der Waals surface area contributed by atoms with E-state index >= 15 is 0 Å². The number of hydrogen-bond donors (Lipinski definition) is 0. The van der Waals surface area contributed by atoms with Crippen LogP contribution >= 0.6 is 0 Å². The van der Waals surface area contributed by atoms with Crippen molar-refractivity contribution in [2.75, 3.05) is 13.1 Å². The number of hydrogen-bond acceptors (Lipinski definition) is 2. The third-order valence-corrected chi connectivity index (χ3v) is 3.71. The minimum atomic E-state index is 0.554. The van der Waals surface area contributed by atoms with Crippen molar-refractivity contribution in [1.29, 1.82) is 0 Å². The fraction of sp³-hybridized carbons (Fsp3) is 0.750. The fourth-order valence-corrected chi connectivity index (χ4v) is 2.72. The fourth-order valence-electron chi connectivity index (χ4n) is 2.72. The van der Waals surface area contributed by atoms with E-state index in [4.69, 9.17) is 5.10 Å². The van der Waals surface area contributed by atoms with Gasteiger partial charge in [-0.3, -0.25) is 9.58 Å². The van der Waals surface area contributed by atoms with Gasteiger partial charge < -0.3 is 0 Å². The topological polar surface area (TPSA) is 21.1 Å². The van der Waals surface area contributed by atoms with Crippen molar-refractivity contribution in [2.45, 2.75) is 45.2 Å². The minimum absolute atomic E-state index is 0.554. The molecule has 3 aliphatic rings. The molecule has 0 aromatic carbocycles. The summed E-state index contributed by atoms with van der Waals surface area (Å²) in [6, 6.07) is 2.98. The first-order valence-corrected chi connectivity index (χ1v) is 6.04. The minimum Gasteiger partial charge on any atom is -0.297 e. The highest BCUT2D eigenvalue weighted by atomic mass is 15.3. The maximum Gasteiger partial charge on any atom is 0.0653 e. The second-order valence-corrected chi connectivity index (χ2v) is 5.17. The molecule has 2 bridgehead atoms. The van der Waals surface area contributed by atoms with Gasteiger partial charge in [0.25, 0.3) is 0 Å². The van der Waals surface area contributed by atoms with Crippen molar-refractivity contribution in [3.63, 3.8) is 0 Å². The molecule has 4 heterocycles. The normalized spacial score (nSPS) is 29.3. The number of nitrogens with zero attached hydrogens (tertiary/aromatic N) is 3. The van der Waals surface area contributed by atoms with E-state index in [1.807, 2.05) is 0 Å². The van der Waals surface area contributed by atoms with E-state index in [1.165, 1.54) is 37.3 Å². The Balaban J connectivity index is 2.01. The highest BCUT2D eigenvalue weighted by Gasteiger charge is 2.28. The first-order chi connectivity index (χ1) is 7.24. The highest BCUT2D eigenvalue weighted by Crippen LogP contribution is 2.30. The van der Waals surface area contributed by atoms with Gasteiger partial charge in [0.05, 0.1) is 17.4 Å². The van der Waals surface area contributed by atoms with Crippen LogP contribution < -0.4 is 0 Å². The van der Waals surface area contributed by atoms with Gasteiger partial charge in [0, 0.05) is 19.6 Å². The van der Waals surface area contributed by atoms with Gasteiger partial charge in [0.2, 0.25) is 0 Å². The Bertz CT molecular complexity index is 359. The molecule has 0 saturated carbocycles. The van der Waals surface area contributed by atoms with Crippen LogP contribution in [0.3, 0.4) is 0 Å². The van der Waals surface area contributed by atoms with E-state index in [0.717, 1.165) is 6.54 Å². The summed E-state index contributed by atoms with van der Waals surface area (Å²) in [6.45, 7) is 8.06. The highest BCUT2D eigenvalue weighted by molar-refractivity contribution is 5.16. The maximum absolute atomic E-state index is 4.78. The summed E-state index contributed by atoms with van der Waals surface area (Å²) < 4.78 is 2.31. The van der Waals surface area contributed by atoms with Gasteiger partial charge in [-0.2, -0.15) is 5.10 Å². The second-order valence-electron chi connectivity index (χ2n) is 5.17. The van der Waals surface area contributed by atoms with Crippen LogP contribution in [0.5, 0.6) is 0 Å². The summed E-state index contributed by atoms with van der Waals surface area (Å²) in [5.74, 6) is 0.554. The van der Waals surface area contributed by atoms with Gasteiger partial charge in [0.1, 0.15) is 0 Å². The molecule has 3 nitrogen and oxygen atoms in total. The summed E-state index contributed by atoms with van der Waals surface area (Å²) in [7, 11) is 0. The molecule has 1 aromatic rings. The molecule has 0 N–H and O–H groups in total. The van der Waals surface area contributed by atoms with E-state index in [0.29, 0.717) is 12.0 Å². The maximum atomic E-state index is 4.78. The van der Waals surface area contributed by atoms with E-state index < -0.39 is 0 Å². The van der Waals surface area contributed by atoms with Crippen LogP contribution in [-0.2, 0) is 6.54 Å². The van der Waals surface area contributed by atoms with Crippen LogP contribution in [0.1, 0.15) is 50.0 Å². The van der Waals surface area contributed by atoms with Crippen LogP contribution in [0.15, 0.2) is 6.07 Å². The Morgan fingerprint density at radius 2 is 2.07 bits per heavy atom. The van der Waals surface area contributed by atoms with Crippen molar-refractivity contribution in [2.24, 2.45) is 0 Å². The summed E-state index contributed by atoms with van der Waals surface area (Å²) >= 11 is 0. The van der Waals surface area contributed by atoms with Gasteiger partial charge >= 0.3 is 0 Å². The van der Waals surface area contributed by atoms with Gasteiger partial charge in [-0.15, -0.1) is 0 Å². The standard InChI is InChI=1S/C12H19N3/c1-9(2)12-7-11-8-14-5-3-10(4-6-14)15(11)13-12/h7,9-10H,3-6,8H2,1-2H3. The van der Waals surface area contributed by atoms with Crippen LogP contribution in [0.2, 0.25) is 0 Å². The molecule has 3 aliphatic heterocycles. The molecule has 1 aromatic heterocycles. The van der Waals surface area contributed by atoms with Gasteiger partial charge in [-0.25, -0.2) is 0 Å². The lowest BCUT2D eigenvalue weighted by Gasteiger charge is -2.26. The summed E-state index contributed by atoms with van der Waals surface area (Å²) in [5.41, 5.74) is 2.69. The second kappa shape index (κ2) is 3.34. The smallest absolute Gasteiger partial charge is 0.0653 e. The van der Waals surface area contributed by atoms with Gasteiger partial charge in [-0.1, -0.05) is 13.8 Å². The molecule has 0 radical (unpaired) electrons. The Hall–Kier alpha value is -0.830. The average molecular weight is 205 g/mol.